The van der Waals surface area contributed by atoms with Gasteiger partial charge in [-0.2, -0.15) is 0 Å². The lowest BCUT2D eigenvalue weighted by atomic mass is 10.1. The second-order valence-electron chi connectivity index (χ2n) is 7.32. The summed E-state index contributed by atoms with van der Waals surface area (Å²) in [4.78, 5) is 9.29. The van der Waals surface area contributed by atoms with E-state index in [0.29, 0.717) is 12.5 Å². The molecular weight excluding hydrogens is 444 g/mol. The molecule has 0 saturated carbocycles. The van der Waals surface area contributed by atoms with Crippen LogP contribution in [-0.2, 0) is 16.6 Å². The second kappa shape index (κ2) is 9.74. The van der Waals surface area contributed by atoms with Crippen molar-refractivity contribution >= 4 is 43.2 Å². The first-order valence-corrected chi connectivity index (χ1v) is 12.7. The van der Waals surface area contributed by atoms with Crippen molar-refractivity contribution in [3.05, 3.63) is 65.7 Å². The van der Waals surface area contributed by atoms with E-state index < -0.39 is 10.0 Å². The Hall–Kier alpha value is -2.85. The Morgan fingerprint density at radius 1 is 1.12 bits per heavy atom. The van der Waals surface area contributed by atoms with Crippen molar-refractivity contribution < 1.29 is 13.5 Å². The number of anilines is 2. The van der Waals surface area contributed by atoms with Crippen molar-refractivity contribution in [3.8, 4) is 11.1 Å². The Kier molecular flexibility index (Phi) is 6.80. The van der Waals surface area contributed by atoms with Crippen LogP contribution in [-0.4, -0.2) is 30.0 Å². The maximum Gasteiger partial charge on any atom is 0.240 e. The van der Waals surface area contributed by atoms with Crippen LogP contribution in [0.5, 0.6) is 0 Å². The van der Waals surface area contributed by atoms with E-state index in [-0.39, 0.29) is 11.5 Å². The number of nitrogens with zero attached hydrogens (tertiary/aromatic N) is 2. The quantitative estimate of drug-likeness (QED) is 0.308. The molecule has 32 heavy (non-hydrogen) atoms. The summed E-state index contributed by atoms with van der Waals surface area (Å²) in [5.74, 6) is 0.428. The van der Waals surface area contributed by atoms with Crippen LogP contribution >= 0.6 is 11.3 Å². The number of aliphatic hydroxyl groups excluding tert-OH is 1. The average Bonchev–Trinajstić information content (AvgIpc) is 3.23. The number of unbranched alkanes of at least 4 members (excludes halogenated alkanes) is 1. The number of nitrogens with one attached hydrogen (secondary N) is 2. The molecule has 0 bridgehead atoms. The van der Waals surface area contributed by atoms with Gasteiger partial charge in [-0.15, -0.1) is 11.3 Å². The third-order valence-electron chi connectivity index (χ3n) is 4.96. The highest BCUT2D eigenvalue weighted by Gasteiger charge is 2.16. The van der Waals surface area contributed by atoms with Gasteiger partial charge in [-0.3, -0.25) is 0 Å². The lowest BCUT2D eigenvalue weighted by Gasteiger charge is -2.09. The van der Waals surface area contributed by atoms with Gasteiger partial charge in [0.15, 0.2) is 0 Å². The van der Waals surface area contributed by atoms with Gasteiger partial charge in [0, 0.05) is 23.2 Å². The zero-order valence-corrected chi connectivity index (χ0v) is 19.2. The smallest absolute Gasteiger partial charge is 0.240 e. The van der Waals surface area contributed by atoms with Gasteiger partial charge in [-0.05, 0) is 41.8 Å². The van der Waals surface area contributed by atoms with Gasteiger partial charge in [-0.25, -0.2) is 23.1 Å². The minimum atomic E-state index is -3.57. The summed E-state index contributed by atoms with van der Waals surface area (Å²) in [7, 11) is -3.57. The number of rotatable bonds is 9. The Bertz CT molecular complexity index is 1340. The van der Waals surface area contributed by atoms with E-state index >= 15 is 0 Å². The average molecular weight is 469 g/mol. The number of hydrogen-bond acceptors (Lipinski definition) is 7. The normalized spacial score (nSPS) is 11.7. The number of hydrogen-bond donors (Lipinski definition) is 3. The Morgan fingerprint density at radius 3 is 2.78 bits per heavy atom. The molecule has 0 amide bonds. The maximum atomic E-state index is 12.6. The van der Waals surface area contributed by atoms with Gasteiger partial charge < -0.3 is 10.4 Å². The van der Waals surface area contributed by atoms with Crippen LogP contribution in [0.3, 0.4) is 0 Å². The van der Waals surface area contributed by atoms with Crippen molar-refractivity contribution in [2.24, 2.45) is 0 Å². The summed E-state index contributed by atoms with van der Waals surface area (Å²) in [5, 5.41) is 14.5. The lowest BCUT2D eigenvalue weighted by Crippen LogP contribution is -2.24. The molecule has 166 valence electrons. The molecule has 0 atom stereocenters. The highest BCUT2D eigenvalue weighted by atomic mass is 32.2. The molecule has 0 fully saturated rings. The molecule has 4 rings (SSSR count). The van der Waals surface area contributed by atoms with Crippen molar-refractivity contribution in [1.82, 2.24) is 14.7 Å². The van der Waals surface area contributed by atoms with E-state index in [1.807, 2.05) is 42.6 Å². The van der Waals surface area contributed by atoms with E-state index in [9.17, 15) is 13.5 Å². The van der Waals surface area contributed by atoms with Crippen molar-refractivity contribution in [2.75, 3.05) is 11.9 Å². The summed E-state index contributed by atoms with van der Waals surface area (Å²) >= 11 is 1.51. The number of fused-ring (bicyclic) bond motifs is 1. The van der Waals surface area contributed by atoms with Gasteiger partial charge in [0.1, 0.15) is 0 Å². The summed E-state index contributed by atoms with van der Waals surface area (Å²) in [6, 6.07) is 14.3. The van der Waals surface area contributed by atoms with Crippen LogP contribution in [0.15, 0.2) is 65.0 Å². The molecule has 0 aliphatic heterocycles. The molecule has 2 heterocycles. The SMILES string of the molecule is CCCCNS(=O)(=O)c1cccc(-c2csc3cnc(Nc4cccc(CO)c4)nc23)c1. The molecule has 0 radical (unpaired) electrons. The van der Waals surface area contributed by atoms with E-state index in [0.717, 1.165) is 45.4 Å². The highest BCUT2D eigenvalue weighted by molar-refractivity contribution is 7.89. The van der Waals surface area contributed by atoms with E-state index in [1.165, 1.54) is 11.3 Å². The van der Waals surface area contributed by atoms with Crippen molar-refractivity contribution in [1.29, 1.82) is 0 Å². The van der Waals surface area contributed by atoms with Crippen LogP contribution in [0.1, 0.15) is 25.3 Å². The minimum absolute atomic E-state index is 0.0450. The van der Waals surface area contributed by atoms with E-state index in [2.05, 4.69) is 20.0 Å². The first-order valence-electron chi connectivity index (χ1n) is 10.3. The standard InChI is InChI=1S/C23H24N4O3S2/c1-2-3-10-25-32(29,30)19-9-5-7-17(12-19)20-15-31-21-13-24-23(27-22(20)21)26-18-8-4-6-16(11-18)14-28/h4-9,11-13,15,25,28H,2-3,10,14H2,1H3,(H,24,26,27). The molecule has 0 spiro atoms. The molecule has 0 aliphatic rings. The zero-order valence-electron chi connectivity index (χ0n) is 17.6. The highest BCUT2D eigenvalue weighted by Crippen LogP contribution is 2.34. The first-order chi connectivity index (χ1) is 15.5. The molecule has 0 aliphatic carbocycles. The Morgan fingerprint density at radius 2 is 1.97 bits per heavy atom. The van der Waals surface area contributed by atoms with Gasteiger partial charge in [0.2, 0.25) is 16.0 Å². The predicted molar refractivity (Wildman–Crippen MR) is 129 cm³/mol. The first kappa shape index (κ1) is 22.3. The summed E-state index contributed by atoms with van der Waals surface area (Å²) in [6.45, 7) is 2.39. The van der Waals surface area contributed by atoms with Crippen LogP contribution in [0.4, 0.5) is 11.6 Å². The van der Waals surface area contributed by atoms with Crippen LogP contribution in [0.25, 0.3) is 21.3 Å². The fourth-order valence-corrected chi connectivity index (χ4v) is 5.26. The van der Waals surface area contributed by atoms with Gasteiger partial charge >= 0.3 is 0 Å². The van der Waals surface area contributed by atoms with Gasteiger partial charge in [-0.1, -0.05) is 37.6 Å². The van der Waals surface area contributed by atoms with Crippen molar-refractivity contribution in [3.63, 3.8) is 0 Å². The van der Waals surface area contributed by atoms with Gasteiger partial charge in [0.25, 0.3) is 0 Å². The number of benzene rings is 2. The molecule has 0 saturated heterocycles. The van der Waals surface area contributed by atoms with Gasteiger partial charge in [0.05, 0.1) is 27.9 Å². The largest absolute Gasteiger partial charge is 0.392 e. The van der Waals surface area contributed by atoms with Crippen LogP contribution < -0.4 is 10.0 Å². The fraction of sp³-hybridized carbons (Fsp3) is 0.217. The maximum absolute atomic E-state index is 12.6. The summed E-state index contributed by atoms with van der Waals surface area (Å²) < 4.78 is 28.8. The topological polar surface area (TPSA) is 104 Å². The third kappa shape index (κ3) is 4.97. The third-order valence-corrected chi connectivity index (χ3v) is 7.32. The van der Waals surface area contributed by atoms with Crippen LogP contribution in [0.2, 0.25) is 0 Å². The van der Waals surface area contributed by atoms with Crippen LogP contribution in [0, 0.1) is 0 Å². The minimum Gasteiger partial charge on any atom is -0.392 e. The fourth-order valence-electron chi connectivity index (χ4n) is 3.27. The zero-order chi connectivity index (χ0) is 22.6. The molecule has 2 aromatic carbocycles. The number of aromatic nitrogens is 2. The monoisotopic (exact) mass is 468 g/mol. The number of sulfonamides is 1. The van der Waals surface area contributed by atoms with Crippen molar-refractivity contribution in [2.45, 2.75) is 31.3 Å². The number of thiophene rings is 1. The Labute approximate surface area is 191 Å². The van der Waals surface area contributed by atoms with E-state index in [1.54, 1.807) is 24.4 Å². The molecule has 7 nitrogen and oxygen atoms in total. The Balaban J connectivity index is 1.66. The molecular formula is C23H24N4O3S2. The summed E-state index contributed by atoms with van der Waals surface area (Å²) in [6.07, 6.45) is 3.47. The summed E-state index contributed by atoms with van der Waals surface area (Å²) in [5.41, 5.74) is 3.95. The predicted octanol–water partition coefficient (Wildman–Crippen LogP) is 4.67. The lowest BCUT2D eigenvalue weighted by molar-refractivity contribution is 0.282. The number of aliphatic hydroxyl groups is 1. The molecule has 0 unspecified atom stereocenters. The second-order valence-corrected chi connectivity index (χ2v) is 10.00. The molecule has 9 heteroatoms. The molecule has 2 aromatic heterocycles. The molecule has 4 aromatic rings. The molecule has 3 N–H and O–H groups in total. The van der Waals surface area contributed by atoms with E-state index in [4.69, 9.17) is 0 Å².